The Morgan fingerprint density at radius 2 is 1.04 bits per heavy atom. The minimum Gasteiger partial charge on any atom is -0.412 e. The van der Waals surface area contributed by atoms with Crippen molar-refractivity contribution in [3.05, 3.63) is 0 Å². The Hall–Kier alpha value is 0.0700. The van der Waals surface area contributed by atoms with Gasteiger partial charge in [0.25, 0.3) is 0 Å². The molecule has 1 heterocycles. The molecule has 0 atom stereocenters. The average molecular weight is 395 g/mol. The van der Waals surface area contributed by atoms with Crippen molar-refractivity contribution in [1.29, 1.82) is 0 Å². The fraction of sp³-hybridized carbons (Fsp3) is 1.00. The van der Waals surface area contributed by atoms with E-state index in [0.29, 0.717) is 6.61 Å². The number of hydrogen-bond donors (Lipinski definition) is 0. The number of hydrogen-bond acceptors (Lipinski definition) is 4. The predicted molar refractivity (Wildman–Crippen MR) is 108 cm³/mol. The first-order valence-corrected chi connectivity index (χ1v) is 12.2. The summed E-state index contributed by atoms with van der Waals surface area (Å²) in [6.07, 6.45) is 21.1. The van der Waals surface area contributed by atoms with Gasteiger partial charge >= 0.3 is 7.82 Å². The first-order valence-electron chi connectivity index (χ1n) is 10.8. The maximum absolute atomic E-state index is 11.6. The topological polar surface area (TPSA) is 76.3 Å². The second kappa shape index (κ2) is 17.2. The monoisotopic (exact) mass is 394 g/mol. The second-order valence-corrected chi connectivity index (χ2v) is 8.94. The van der Waals surface area contributed by atoms with Gasteiger partial charge in [-0.1, -0.05) is 103 Å². The first-order chi connectivity index (χ1) is 12.2. The van der Waals surface area contributed by atoms with Gasteiger partial charge in [-0.25, -0.2) is 4.57 Å². The van der Waals surface area contributed by atoms with Crippen molar-refractivity contribution in [3.8, 4) is 0 Å². The Labute approximate surface area is 161 Å². The lowest BCUT2D eigenvalue weighted by Crippen LogP contribution is -2.23. The molecule has 0 bridgehead atoms. The molecule has 1 fully saturated rings. The van der Waals surface area contributed by atoms with Crippen LogP contribution in [0.25, 0.3) is 0 Å². The highest BCUT2D eigenvalue weighted by Crippen LogP contribution is 2.60. The van der Waals surface area contributed by atoms with Crippen LogP contribution in [0.4, 0.5) is 0 Å². The number of unbranched alkanes of at least 4 members (excludes halogenated alkanes) is 15. The summed E-state index contributed by atoms with van der Waals surface area (Å²) in [5, 5.41) is 0. The highest BCUT2D eigenvalue weighted by atomic mass is 31.2. The molecule has 1 saturated heterocycles. The number of phosphoric acid groups is 1. The number of rotatable bonds is 18. The van der Waals surface area contributed by atoms with E-state index in [2.05, 4.69) is 6.92 Å². The van der Waals surface area contributed by atoms with Gasteiger partial charge in [0.05, 0.1) is 6.61 Å². The van der Waals surface area contributed by atoms with E-state index in [1.165, 1.54) is 89.9 Å². The van der Waals surface area contributed by atoms with Crippen LogP contribution >= 0.6 is 7.82 Å². The molecule has 2 N–H and O–H groups in total. The van der Waals surface area contributed by atoms with Crippen LogP contribution in [0.3, 0.4) is 0 Å². The Balaban J connectivity index is 0.00000625. The molecule has 0 amide bonds. The van der Waals surface area contributed by atoms with E-state index >= 15 is 0 Å². The summed E-state index contributed by atoms with van der Waals surface area (Å²) in [6.45, 7) is 4.47. The lowest BCUT2D eigenvalue weighted by molar-refractivity contribution is -0.114. The van der Waals surface area contributed by atoms with E-state index in [-0.39, 0.29) is 11.8 Å². The Kier molecular flexibility index (Phi) is 17.2. The van der Waals surface area contributed by atoms with Crippen molar-refractivity contribution in [2.45, 2.75) is 123 Å². The van der Waals surface area contributed by atoms with Crippen LogP contribution in [0.2, 0.25) is 0 Å². The van der Waals surface area contributed by atoms with Crippen molar-refractivity contribution in [1.82, 2.24) is 0 Å². The molecule has 0 aromatic heterocycles. The molecule has 0 radical (unpaired) electrons. The van der Waals surface area contributed by atoms with E-state index in [4.69, 9.17) is 13.6 Å². The van der Waals surface area contributed by atoms with Gasteiger partial charge in [-0.15, -0.1) is 0 Å². The van der Waals surface area contributed by atoms with Gasteiger partial charge < -0.3 is 5.48 Å². The normalized spacial score (nSPS) is 22.0. The molecule has 1 aliphatic rings. The zero-order valence-electron chi connectivity index (χ0n) is 17.2. The van der Waals surface area contributed by atoms with Crippen LogP contribution in [0.5, 0.6) is 0 Å². The molecule has 0 aliphatic carbocycles. The molecular formula is C20H43O5P. The van der Waals surface area contributed by atoms with Gasteiger partial charge in [-0.3, -0.25) is 13.6 Å². The van der Waals surface area contributed by atoms with E-state index in [1.807, 2.05) is 0 Å². The fourth-order valence-electron chi connectivity index (χ4n) is 3.26. The van der Waals surface area contributed by atoms with Crippen LogP contribution in [-0.4, -0.2) is 18.4 Å². The van der Waals surface area contributed by atoms with Crippen LogP contribution in [0.15, 0.2) is 0 Å². The van der Waals surface area contributed by atoms with E-state index < -0.39 is 7.82 Å². The standard InChI is InChI=1S/C20H41O4P.H2O/c1-3-4-5-6-7-8-9-10-11-12-13-14-15-16-17-18-19-22-25(21)23-20(2)24-25;/h20H,3-19H2,1-2H3;1H2. The average Bonchev–Trinajstić information content (AvgIpc) is 2.56. The third-order valence-corrected chi connectivity index (χ3v) is 6.41. The summed E-state index contributed by atoms with van der Waals surface area (Å²) in [5.74, 6) is 0. The van der Waals surface area contributed by atoms with Gasteiger partial charge in [0.2, 0.25) is 0 Å². The Bertz CT molecular complexity index is 341. The number of phosphoric ester groups is 1. The predicted octanol–water partition coefficient (Wildman–Crippen LogP) is 6.94. The van der Waals surface area contributed by atoms with Crippen molar-refractivity contribution < 1.29 is 23.6 Å². The summed E-state index contributed by atoms with van der Waals surface area (Å²) >= 11 is 0. The molecule has 1 aliphatic heterocycles. The van der Waals surface area contributed by atoms with Crippen LogP contribution in [0.1, 0.15) is 117 Å². The van der Waals surface area contributed by atoms with E-state index in [1.54, 1.807) is 6.92 Å². The summed E-state index contributed by atoms with van der Waals surface area (Å²) in [4.78, 5) is 0. The summed E-state index contributed by atoms with van der Waals surface area (Å²) in [7, 11) is -3.14. The van der Waals surface area contributed by atoms with Gasteiger partial charge in [0, 0.05) is 0 Å². The third kappa shape index (κ3) is 14.2. The zero-order chi connectivity index (χ0) is 18.2. The zero-order valence-corrected chi connectivity index (χ0v) is 18.1. The largest absolute Gasteiger partial charge is 0.479 e. The lowest BCUT2D eigenvalue weighted by atomic mass is 10.0. The quantitative estimate of drug-likeness (QED) is 0.186. The first kappa shape index (κ1) is 26.1. The van der Waals surface area contributed by atoms with Gasteiger partial charge in [-0.2, -0.15) is 0 Å². The maximum Gasteiger partial charge on any atom is 0.479 e. The lowest BCUT2D eigenvalue weighted by Gasteiger charge is -2.31. The molecule has 158 valence electrons. The molecule has 5 nitrogen and oxygen atoms in total. The molecule has 0 saturated carbocycles. The molecule has 0 aromatic rings. The molecule has 0 aromatic carbocycles. The van der Waals surface area contributed by atoms with Gasteiger partial charge in [-0.05, 0) is 13.3 Å². The van der Waals surface area contributed by atoms with Crippen molar-refractivity contribution in [3.63, 3.8) is 0 Å². The van der Waals surface area contributed by atoms with Crippen LogP contribution in [-0.2, 0) is 18.1 Å². The SMILES string of the molecule is CCCCCCCCCCCCCCCCCCOP1(=O)OC(C)O1.O. The van der Waals surface area contributed by atoms with Gasteiger partial charge in [0.15, 0.2) is 6.29 Å². The maximum atomic E-state index is 11.6. The molecule has 0 unspecified atom stereocenters. The second-order valence-electron chi connectivity index (χ2n) is 7.36. The molecule has 1 rings (SSSR count). The van der Waals surface area contributed by atoms with Crippen LogP contribution in [0, 0.1) is 0 Å². The van der Waals surface area contributed by atoms with E-state index in [0.717, 1.165) is 12.8 Å². The third-order valence-electron chi connectivity index (χ3n) is 4.80. The van der Waals surface area contributed by atoms with E-state index in [9.17, 15) is 4.57 Å². The summed E-state index contributed by atoms with van der Waals surface area (Å²) in [5.41, 5.74) is 0. The summed E-state index contributed by atoms with van der Waals surface area (Å²) < 4.78 is 26.7. The highest BCUT2D eigenvalue weighted by molar-refractivity contribution is 7.49. The minimum atomic E-state index is -3.14. The molecule has 26 heavy (non-hydrogen) atoms. The summed E-state index contributed by atoms with van der Waals surface area (Å²) in [6, 6.07) is 0. The van der Waals surface area contributed by atoms with Crippen molar-refractivity contribution in [2.75, 3.05) is 6.61 Å². The molecular weight excluding hydrogens is 351 g/mol. The van der Waals surface area contributed by atoms with Crippen LogP contribution < -0.4 is 0 Å². The Morgan fingerprint density at radius 3 is 1.38 bits per heavy atom. The highest BCUT2D eigenvalue weighted by Gasteiger charge is 2.41. The minimum absolute atomic E-state index is 0. The Morgan fingerprint density at radius 1 is 0.692 bits per heavy atom. The smallest absolute Gasteiger partial charge is 0.412 e. The van der Waals surface area contributed by atoms with Crippen molar-refractivity contribution in [2.24, 2.45) is 0 Å². The molecule has 6 heteroatoms. The fourth-order valence-corrected chi connectivity index (χ4v) is 4.48. The van der Waals surface area contributed by atoms with Gasteiger partial charge in [0.1, 0.15) is 0 Å². The van der Waals surface area contributed by atoms with Crippen molar-refractivity contribution >= 4 is 7.82 Å². The molecule has 0 spiro atoms.